The lowest BCUT2D eigenvalue weighted by atomic mass is 9.64. The largest absolute Gasteiger partial charge is 0.568 e. The highest BCUT2D eigenvalue weighted by Crippen LogP contribution is 2.47. The minimum absolute atomic E-state index is 0.0177. The highest BCUT2D eigenvalue weighted by Gasteiger charge is 2.49. The number of methoxy groups -OCH3 is 1. The first-order chi connectivity index (χ1) is 24.1. The summed E-state index contributed by atoms with van der Waals surface area (Å²) >= 11 is 0. The third-order valence-corrected chi connectivity index (χ3v) is 9.93. The molecule has 1 saturated carbocycles. The molecular formula is C37H26B4N4O4. The van der Waals surface area contributed by atoms with Crippen molar-refractivity contribution in [2.24, 2.45) is 4.90 Å². The van der Waals surface area contributed by atoms with Crippen molar-refractivity contribution < 1.29 is 18.8 Å². The Bertz CT molecular complexity index is 2440. The van der Waals surface area contributed by atoms with Crippen LogP contribution in [0.5, 0.6) is 11.5 Å². The third-order valence-electron chi connectivity index (χ3n) is 9.93. The van der Waals surface area contributed by atoms with E-state index in [-0.39, 0.29) is 19.7 Å². The first-order valence-electron chi connectivity index (χ1n) is 16.1. The van der Waals surface area contributed by atoms with Crippen LogP contribution in [0, 0.1) is 0 Å². The Morgan fingerprint density at radius 3 is 2.00 bits per heavy atom. The molecule has 0 aromatic heterocycles. The van der Waals surface area contributed by atoms with Crippen molar-refractivity contribution in [1.82, 2.24) is 0 Å². The fourth-order valence-electron chi connectivity index (χ4n) is 7.56. The van der Waals surface area contributed by atoms with E-state index in [1.807, 2.05) is 78.9 Å². The number of carbonyl (C=O) groups is 1. The Morgan fingerprint density at radius 1 is 0.694 bits per heavy atom. The number of carbonyl (C=O) groups excluding carboxylic acids is 1. The summed E-state index contributed by atoms with van der Waals surface area (Å²) in [6, 6.07) is 35.5. The molecule has 230 valence electrons. The highest BCUT2D eigenvalue weighted by molar-refractivity contribution is 6.80. The molecule has 2 atom stereocenters. The van der Waals surface area contributed by atoms with Gasteiger partial charge in [0.15, 0.2) is 5.78 Å². The third kappa shape index (κ3) is 4.62. The van der Waals surface area contributed by atoms with Crippen molar-refractivity contribution in [3.8, 4) is 11.5 Å². The quantitative estimate of drug-likeness (QED) is 0.243. The summed E-state index contributed by atoms with van der Waals surface area (Å²) in [7, 11) is 12.4. The predicted molar refractivity (Wildman–Crippen MR) is 198 cm³/mol. The lowest BCUT2D eigenvalue weighted by Crippen LogP contribution is -2.52. The maximum absolute atomic E-state index is 14.5. The molecule has 0 spiro atoms. The molecule has 2 unspecified atom stereocenters. The molecule has 12 heteroatoms. The Hall–Kier alpha value is -5.60. The van der Waals surface area contributed by atoms with Gasteiger partial charge in [-0.1, -0.05) is 72.8 Å². The van der Waals surface area contributed by atoms with E-state index in [0.29, 0.717) is 17.1 Å². The Balaban J connectivity index is 1.18. The Morgan fingerprint density at radius 2 is 1.33 bits per heavy atom. The van der Waals surface area contributed by atoms with Crippen molar-refractivity contribution in [1.29, 1.82) is 0 Å². The summed E-state index contributed by atoms with van der Waals surface area (Å²) in [5.74, 6) is 0.639. The molecule has 0 bridgehead atoms. The molecule has 3 aliphatic rings. The number of anilines is 3. The monoisotopic (exact) mass is 634 g/mol. The van der Waals surface area contributed by atoms with Gasteiger partial charge < -0.3 is 34.6 Å². The average molecular weight is 634 g/mol. The van der Waals surface area contributed by atoms with Gasteiger partial charge in [-0.15, -0.1) is 0 Å². The van der Waals surface area contributed by atoms with E-state index in [9.17, 15) is 4.79 Å². The zero-order valence-electron chi connectivity index (χ0n) is 26.4. The lowest BCUT2D eigenvalue weighted by molar-refractivity contribution is -0.123. The van der Waals surface area contributed by atoms with Gasteiger partial charge in [-0.25, -0.2) is 0 Å². The molecule has 8 nitrogen and oxygen atoms in total. The summed E-state index contributed by atoms with van der Waals surface area (Å²) in [6.45, 7) is -0.621. The van der Waals surface area contributed by atoms with Crippen LogP contribution in [-0.2, 0) is 9.53 Å². The van der Waals surface area contributed by atoms with Crippen LogP contribution in [0.2, 0.25) is 0 Å². The van der Waals surface area contributed by atoms with Gasteiger partial charge in [-0.2, -0.15) is 0 Å². The van der Waals surface area contributed by atoms with Gasteiger partial charge in [0.05, 0.1) is 22.8 Å². The molecular weight excluding hydrogens is 608 g/mol. The van der Waals surface area contributed by atoms with Gasteiger partial charge in [0, 0.05) is 45.7 Å². The van der Waals surface area contributed by atoms with E-state index in [1.54, 1.807) is 7.11 Å². The maximum atomic E-state index is 14.5. The van der Waals surface area contributed by atoms with Crippen molar-refractivity contribution in [2.75, 3.05) is 22.8 Å². The number of Topliss-reactive ketones (excluding diaryl/α,β-unsaturated/α-hetero) is 1. The predicted octanol–water partition coefficient (Wildman–Crippen LogP) is 3.12. The summed E-state index contributed by atoms with van der Waals surface area (Å²) in [5.41, 5.74) is 6.30. The number of nitrogens with one attached hydrogen (secondary N) is 3. The van der Waals surface area contributed by atoms with Crippen molar-refractivity contribution in [3.05, 3.63) is 125 Å². The molecule has 6 aromatic rings. The molecule has 3 N–H and O–H groups in total. The molecule has 0 amide bonds. The van der Waals surface area contributed by atoms with E-state index in [0.717, 1.165) is 65.7 Å². The summed E-state index contributed by atoms with van der Waals surface area (Å²) in [5, 5.41) is 16.6. The topological polar surface area (TPSA) is 93.2 Å². The van der Waals surface area contributed by atoms with Gasteiger partial charge in [0.25, 0.3) is 0 Å². The molecule has 6 aromatic carbocycles. The number of benzene rings is 6. The Labute approximate surface area is 285 Å². The molecule has 49 heavy (non-hydrogen) atoms. The number of ether oxygens (including phenoxy) is 1. The molecule has 2 aliphatic heterocycles. The minimum atomic E-state index is -0.508. The first-order valence-corrected chi connectivity index (χ1v) is 16.1. The second kappa shape index (κ2) is 11.5. The van der Waals surface area contributed by atoms with Gasteiger partial charge >= 0.3 is 30.1 Å². The van der Waals surface area contributed by atoms with Crippen molar-refractivity contribution in [2.45, 2.75) is 12.0 Å². The number of hydrogen-bond acceptors (Lipinski definition) is 8. The molecule has 9 rings (SSSR count). The van der Waals surface area contributed by atoms with E-state index < -0.39 is 12.0 Å². The van der Waals surface area contributed by atoms with Crippen LogP contribution < -0.4 is 46.5 Å². The van der Waals surface area contributed by atoms with E-state index in [1.165, 1.54) is 0 Å². The first kappa shape index (κ1) is 29.5. The van der Waals surface area contributed by atoms with Gasteiger partial charge in [0.1, 0.15) is 6.10 Å². The van der Waals surface area contributed by atoms with E-state index in [2.05, 4.69) is 46.0 Å². The SMILES string of the molecule is [B]Oc1ccc(B2N=c3/c(=C4\C(=O)C(c5ccc6cccc7c6c5NB(c5ccc(O[B])cc5)N7)C4OC)ccc4cccc(c34)N2)cc1. The summed E-state index contributed by atoms with van der Waals surface area (Å²) in [6.07, 6.45) is -0.477. The van der Waals surface area contributed by atoms with Crippen LogP contribution in [0.3, 0.4) is 0 Å². The summed E-state index contributed by atoms with van der Waals surface area (Å²) < 4.78 is 15.9. The van der Waals surface area contributed by atoms with E-state index in [4.69, 9.17) is 35.0 Å². The fraction of sp³-hybridized carbons (Fsp3) is 0.0811. The zero-order chi connectivity index (χ0) is 33.2. The molecule has 2 heterocycles. The van der Waals surface area contributed by atoms with Crippen LogP contribution in [0.25, 0.3) is 27.1 Å². The lowest BCUT2D eigenvalue weighted by Gasteiger charge is -2.39. The van der Waals surface area contributed by atoms with Crippen LogP contribution >= 0.6 is 0 Å². The Kier molecular flexibility index (Phi) is 6.95. The number of hydrogen-bond donors (Lipinski definition) is 3. The van der Waals surface area contributed by atoms with Crippen LogP contribution in [0.15, 0.2) is 114 Å². The number of nitrogens with zero attached hydrogens (tertiary/aromatic N) is 1. The fourth-order valence-corrected chi connectivity index (χ4v) is 7.56. The smallest absolute Gasteiger partial charge is 0.427 e. The average Bonchev–Trinajstić information content (AvgIpc) is 3.15. The molecule has 1 fully saturated rings. The molecule has 1 aliphatic carbocycles. The molecule has 0 saturated heterocycles. The van der Waals surface area contributed by atoms with Crippen LogP contribution in [0.1, 0.15) is 11.5 Å². The number of ketones is 1. The normalized spacial score (nSPS) is 18.6. The zero-order valence-corrected chi connectivity index (χ0v) is 26.4. The van der Waals surface area contributed by atoms with Gasteiger partial charge in [0.2, 0.25) is 0 Å². The van der Waals surface area contributed by atoms with Crippen LogP contribution in [0.4, 0.5) is 17.1 Å². The van der Waals surface area contributed by atoms with Crippen LogP contribution in [-0.4, -0.2) is 49.1 Å². The number of rotatable bonds is 6. The standard InChI is InChI=1S/C37H26B4N4O4/c1-47-37-32(26-18-8-20-4-2-6-28-30(20)34(26)44-40(42-28)22-10-14-24(48-38)15-11-22)36(46)33(37)27-19-9-21-5-3-7-29-31(21)35(27)45-41(43-29)23-12-16-25(49-39)17-13-23/h2-19,32,37,42-44H,1H3/b33-27+. The molecule has 4 radical (unpaired) electrons. The van der Waals surface area contributed by atoms with Crippen molar-refractivity contribution >= 4 is 91.0 Å². The van der Waals surface area contributed by atoms with Crippen molar-refractivity contribution in [3.63, 3.8) is 0 Å². The van der Waals surface area contributed by atoms with Gasteiger partial charge in [-0.05, 0) is 63.7 Å². The maximum Gasteiger partial charge on any atom is 0.427 e. The second-order valence-corrected chi connectivity index (χ2v) is 12.5. The van der Waals surface area contributed by atoms with Gasteiger partial charge in [-0.3, -0.25) is 4.79 Å². The minimum Gasteiger partial charge on any atom is -0.568 e. The highest BCUT2D eigenvalue weighted by atomic mass is 16.5. The van der Waals surface area contributed by atoms with E-state index >= 15 is 0 Å². The second-order valence-electron chi connectivity index (χ2n) is 12.5. The summed E-state index contributed by atoms with van der Waals surface area (Å²) in [4.78, 5) is 19.7.